The van der Waals surface area contributed by atoms with Gasteiger partial charge in [0.2, 0.25) is 5.91 Å². The lowest BCUT2D eigenvalue weighted by Crippen LogP contribution is -2.53. The number of nitrogens with zero attached hydrogens (tertiary/aromatic N) is 1. The lowest BCUT2D eigenvalue weighted by molar-refractivity contribution is -0.134. The summed E-state index contributed by atoms with van der Waals surface area (Å²) in [6.07, 6.45) is 4.10. The highest BCUT2D eigenvalue weighted by atomic mass is 16.2. The number of fused-ring (bicyclic) bond motifs is 7. The third kappa shape index (κ3) is 1.66. The normalized spacial score (nSPS) is 29.2. The molecule has 3 heterocycles. The van der Waals surface area contributed by atoms with Gasteiger partial charge in [0.1, 0.15) is 0 Å². The van der Waals surface area contributed by atoms with E-state index >= 15 is 0 Å². The SMILES string of the molecule is O=C1[C@@H]2CC[C@@H]2[C@@]2(Cc3ccccc3)c3[nH]c4ccccc4c3CCN12. The van der Waals surface area contributed by atoms with Crippen LogP contribution >= 0.6 is 0 Å². The average molecular weight is 342 g/mol. The van der Waals surface area contributed by atoms with Crippen LogP contribution in [-0.4, -0.2) is 22.3 Å². The number of aromatic amines is 1. The Balaban J connectivity index is 1.61. The molecule has 6 rings (SSSR count). The number of amides is 1. The summed E-state index contributed by atoms with van der Waals surface area (Å²) in [5, 5.41) is 1.34. The van der Waals surface area contributed by atoms with Gasteiger partial charge in [-0.05, 0) is 42.4 Å². The van der Waals surface area contributed by atoms with Gasteiger partial charge in [0.15, 0.2) is 0 Å². The third-order valence-corrected chi connectivity index (χ3v) is 7.10. The van der Waals surface area contributed by atoms with E-state index in [1.807, 2.05) is 0 Å². The van der Waals surface area contributed by atoms with Crippen molar-refractivity contribution >= 4 is 16.8 Å². The molecule has 2 fully saturated rings. The standard InChI is InChI=1S/C23H22N2O/c26-22-18-10-11-19(18)23(14-15-6-2-1-3-7-15)21-17(12-13-25(22)23)16-8-4-5-9-20(16)24-21/h1-9,18-19,24H,10-14H2/t18-,19+,23+/m1/s1. The van der Waals surface area contributed by atoms with E-state index in [0.717, 1.165) is 32.2 Å². The number of para-hydroxylation sites is 1. The van der Waals surface area contributed by atoms with Gasteiger partial charge in [-0.3, -0.25) is 4.79 Å². The highest BCUT2D eigenvalue weighted by molar-refractivity contribution is 5.89. The highest BCUT2D eigenvalue weighted by Crippen LogP contribution is 2.60. The van der Waals surface area contributed by atoms with Crippen LogP contribution in [-0.2, 0) is 23.2 Å². The number of rotatable bonds is 2. The van der Waals surface area contributed by atoms with Crippen LogP contribution in [0.3, 0.4) is 0 Å². The second-order valence-corrected chi connectivity index (χ2v) is 8.14. The molecule has 3 aromatic rings. The number of carbonyl (C=O) groups excluding carboxylic acids is 1. The van der Waals surface area contributed by atoms with Gasteiger partial charge < -0.3 is 9.88 Å². The smallest absolute Gasteiger partial charge is 0.226 e. The van der Waals surface area contributed by atoms with E-state index in [1.165, 1.54) is 27.7 Å². The predicted octanol–water partition coefficient (Wildman–Crippen LogP) is 4.03. The molecule has 3 nitrogen and oxygen atoms in total. The Hall–Kier alpha value is -2.55. The van der Waals surface area contributed by atoms with Gasteiger partial charge in [-0.15, -0.1) is 0 Å². The molecule has 3 heteroatoms. The largest absolute Gasteiger partial charge is 0.356 e. The summed E-state index contributed by atoms with van der Waals surface area (Å²) in [4.78, 5) is 19.1. The zero-order valence-electron chi connectivity index (χ0n) is 14.7. The van der Waals surface area contributed by atoms with Crippen molar-refractivity contribution in [2.24, 2.45) is 11.8 Å². The fraction of sp³-hybridized carbons (Fsp3) is 0.348. The van der Waals surface area contributed by atoms with Gasteiger partial charge in [0.25, 0.3) is 0 Å². The maximum atomic E-state index is 13.1. The lowest BCUT2D eigenvalue weighted by atomic mass is 9.62. The topological polar surface area (TPSA) is 36.1 Å². The molecule has 1 aromatic heterocycles. The Bertz CT molecular complexity index is 1020. The van der Waals surface area contributed by atoms with Crippen molar-refractivity contribution in [2.45, 2.75) is 31.2 Å². The molecule has 1 saturated carbocycles. The molecule has 0 radical (unpaired) electrons. The number of carbonyl (C=O) groups is 1. The average Bonchev–Trinajstić information content (AvgIpc) is 3.08. The highest BCUT2D eigenvalue weighted by Gasteiger charge is 2.64. The molecule has 130 valence electrons. The third-order valence-electron chi connectivity index (χ3n) is 7.10. The summed E-state index contributed by atoms with van der Waals surface area (Å²) in [5.74, 6) is 1.07. The van der Waals surface area contributed by atoms with Gasteiger partial charge in [0.05, 0.1) is 5.54 Å². The van der Waals surface area contributed by atoms with Crippen molar-refractivity contribution in [3.63, 3.8) is 0 Å². The van der Waals surface area contributed by atoms with E-state index < -0.39 is 0 Å². The second-order valence-electron chi connectivity index (χ2n) is 8.14. The van der Waals surface area contributed by atoms with Crippen LogP contribution in [0.15, 0.2) is 54.6 Å². The molecule has 2 aliphatic heterocycles. The van der Waals surface area contributed by atoms with Crippen molar-refractivity contribution in [1.29, 1.82) is 0 Å². The van der Waals surface area contributed by atoms with Crippen molar-refractivity contribution in [3.8, 4) is 0 Å². The van der Waals surface area contributed by atoms with Crippen LogP contribution < -0.4 is 0 Å². The molecular weight excluding hydrogens is 320 g/mol. The van der Waals surface area contributed by atoms with Gasteiger partial charge >= 0.3 is 0 Å². The van der Waals surface area contributed by atoms with E-state index in [4.69, 9.17) is 0 Å². The number of hydrogen-bond donors (Lipinski definition) is 1. The van der Waals surface area contributed by atoms with Crippen LogP contribution in [0.4, 0.5) is 0 Å². The molecular formula is C23H22N2O. The fourth-order valence-electron chi connectivity index (χ4n) is 5.87. The fourth-order valence-corrected chi connectivity index (χ4v) is 5.87. The molecule has 1 amide bonds. The minimum atomic E-state index is -0.187. The summed E-state index contributed by atoms with van der Waals surface area (Å²) >= 11 is 0. The molecule has 0 unspecified atom stereocenters. The first kappa shape index (κ1) is 14.6. The van der Waals surface area contributed by atoms with Crippen molar-refractivity contribution in [3.05, 3.63) is 71.4 Å². The van der Waals surface area contributed by atoms with Crippen molar-refractivity contribution in [2.75, 3.05) is 6.54 Å². The Kier molecular flexibility index (Phi) is 2.81. The molecule has 1 aliphatic carbocycles. The Morgan fingerprint density at radius 2 is 1.85 bits per heavy atom. The van der Waals surface area contributed by atoms with Crippen molar-refractivity contribution < 1.29 is 4.79 Å². The number of aromatic nitrogens is 1. The van der Waals surface area contributed by atoms with E-state index in [-0.39, 0.29) is 11.5 Å². The molecule has 26 heavy (non-hydrogen) atoms. The summed E-state index contributed by atoms with van der Waals surface area (Å²) in [7, 11) is 0. The maximum Gasteiger partial charge on any atom is 0.226 e. The van der Waals surface area contributed by atoms with E-state index in [0.29, 0.717) is 11.8 Å². The first-order valence-electron chi connectivity index (χ1n) is 9.74. The van der Waals surface area contributed by atoms with Crippen LogP contribution in [0.1, 0.15) is 29.7 Å². The minimum Gasteiger partial charge on any atom is -0.356 e. The number of hydrogen-bond acceptors (Lipinski definition) is 1. The van der Waals surface area contributed by atoms with Crippen LogP contribution in [0, 0.1) is 11.8 Å². The van der Waals surface area contributed by atoms with Gasteiger partial charge in [0, 0.05) is 35.5 Å². The number of benzene rings is 2. The van der Waals surface area contributed by atoms with Crippen LogP contribution in [0.25, 0.3) is 10.9 Å². The Labute approximate surface area is 153 Å². The molecule has 3 aliphatic rings. The zero-order valence-corrected chi connectivity index (χ0v) is 14.7. The first-order valence-corrected chi connectivity index (χ1v) is 9.74. The van der Waals surface area contributed by atoms with Gasteiger partial charge in [-0.25, -0.2) is 0 Å². The monoisotopic (exact) mass is 342 g/mol. The van der Waals surface area contributed by atoms with E-state index in [1.54, 1.807) is 0 Å². The Morgan fingerprint density at radius 1 is 1.04 bits per heavy atom. The van der Waals surface area contributed by atoms with Gasteiger partial charge in [-0.2, -0.15) is 0 Å². The molecule has 0 bridgehead atoms. The molecule has 3 atom stereocenters. The lowest BCUT2D eigenvalue weighted by Gasteiger charge is -2.48. The van der Waals surface area contributed by atoms with Crippen molar-refractivity contribution in [1.82, 2.24) is 9.88 Å². The second kappa shape index (κ2) is 5.00. The molecule has 2 aromatic carbocycles. The van der Waals surface area contributed by atoms with E-state index in [9.17, 15) is 4.79 Å². The summed E-state index contributed by atoms with van der Waals surface area (Å²) in [6.45, 7) is 0.855. The summed E-state index contributed by atoms with van der Waals surface area (Å²) in [6, 6.07) is 19.3. The minimum absolute atomic E-state index is 0.187. The van der Waals surface area contributed by atoms with E-state index in [2.05, 4.69) is 64.5 Å². The summed E-state index contributed by atoms with van der Waals surface area (Å²) in [5.41, 5.74) is 5.10. The number of H-pyrrole nitrogens is 1. The first-order chi connectivity index (χ1) is 12.8. The van der Waals surface area contributed by atoms with Gasteiger partial charge in [-0.1, -0.05) is 48.5 Å². The Morgan fingerprint density at radius 3 is 2.65 bits per heavy atom. The molecule has 1 saturated heterocycles. The predicted molar refractivity (Wildman–Crippen MR) is 102 cm³/mol. The molecule has 0 spiro atoms. The molecule has 1 N–H and O–H groups in total. The van der Waals surface area contributed by atoms with Crippen LogP contribution in [0.5, 0.6) is 0 Å². The quantitative estimate of drug-likeness (QED) is 0.750. The zero-order chi connectivity index (χ0) is 17.3. The summed E-state index contributed by atoms with van der Waals surface area (Å²) < 4.78 is 0. The van der Waals surface area contributed by atoms with Crippen LogP contribution in [0.2, 0.25) is 0 Å². The maximum absolute atomic E-state index is 13.1. The number of nitrogens with one attached hydrogen (secondary N) is 1.